The number of rotatable bonds is 5. The predicted molar refractivity (Wildman–Crippen MR) is 91.7 cm³/mol. The highest BCUT2D eigenvalue weighted by Gasteiger charge is 2.61. The normalized spacial score (nSPS) is 24.8. The number of likely N-dealkylation sites (tertiary alicyclic amines) is 1. The van der Waals surface area contributed by atoms with Gasteiger partial charge < -0.3 is 4.74 Å². The van der Waals surface area contributed by atoms with Gasteiger partial charge in [-0.25, -0.2) is 18.4 Å². The number of nitrogens with zero attached hydrogens (tertiary/aromatic N) is 3. The zero-order valence-electron chi connectivity index (χ0n) is 13.2. The molecule has 0 aliphatic carbocycles. The Morgan fingerprint density at radius 1 is 1.29 bits per heavy atom. The molecule has 2 fully saturated rings. The van der Waals surface area contributed by atoms with Crippen LogP contribution >= 0.6 is 11.3 Å². The molecule has 2 aliphatic rings. The molecule has 2 saturated heterocycles. The second kappa shape index (κ2) is 6.09. The van der Waals surface area contributed by atoms with Gasteiger partial charge in [0.05, 0.1) is 12.4 Å². The Kier molecular flexibility index (Phi) is 4.06. The molecule has 6 nitrogen and oxygen atoms in total. The maximum absolute atomic E-state index is 12.6. The van der Waals surface area contributed by atoms with E-state index in [1.807, 2.05) is 11.4 Å². The minimum absolute atomic E-state index is 0.00546. The van der Waals surface area contributed by atoms with E-state index >= 15 is 0 Å². The molecule has 1 unspecified atom stereocenters. The zero-order valence-corrected chi connectivity index (χ0v) is 14.8. The van der Waals surface area contributed by atoms with Crippen LogP contribution in [0.4, 0.5) is 0 Å². The quantitative estimate of drug-likeness (QED) is 0.802. The van der Waals surface area contributed by atoms with E-state index in [1.165, 1.54) is 4.88 Å². The minimum Gasteiger partial charge on any atom is -0.463 e. The summed E-state index contributed by atoms with van der Waals surface area (Å²) < 4.78 is 30.2. The average Bonchev–Trinajstić information content (AvgIpc) is 3.13. The Labute approximate surface area is 145 Å². The molecule has 0 radical (unpaired) electrons. The van der Waals surface area contributed by atoms with Crippen molar-refractivity contribution in [2.45, 2.75) is 17.7 Å². The predicted octanol–water partition coefficient (Wildman–Crippen LogP) is 1.61. The molecular weight excluding hydrogens is 346 g/mol. The van der Waals surface area contributed by atoms with Crippen LogP contribution in [0.3, 0.4) is 0 Å². The summed E-state index contributed by atoms with van der Waals surface area (Å²) in [6.45, 7) is 2.37. The lowest BCUT2D eigenvalue weighted by Crippen LogP contribution is -2.67. The molecule has 0 N–H and O–H groups in total. The maximum atomic E-state index is 12.6. The molecule has 0 saturated carbocycles. The van der Waals surface area contributed by atoms with Gasteiger partial charge >= 0.3 is 6.01 Å². The molecule has 2 aromatic rings. The molecular formula is C16H19N3O3S2. The summed E-state index contributed by atoms with van der Waals surface area (Å²) in [5.41, 5.74) is 0. The van der Waals surface area contributed by atoms with Crippen LogP contribution in [0.5, 0.6) is 6.01 Å². The number of hydrogen-bond acceptors (Lipinski definition) is 7. The molecule has 24 heavy (non-hydrogen) atoms. The summed E-state index contributed by atoms with van der Waals surface area (Å²) >= 11 is 1.71. The molecule has 4 rings (SSSR count). The standard InChI is InChI=1S/C16H19N3O3S2/c20-24(21)8-4-13(10-22-15-17-5-2-6-18-15)16(24)11-19(12-16)9-14-3-1-7-23-14/h1-3,5-7,13H,4,8-12H2. The van der Waals surface area contributed by atoms with Crippen LogP contribution in [0.2, 0.25) is 0 Å². The Morgan fingerprint density at radius 2 is 2.08 bits per heavy atom. The largest absolute Gasteiger partial charge is 0.463 e. The van der Waals surface area contributed by atoms with E-state index < -0.39 is 14.6 Å². The Hall–Kier alpha value is -1.51. The fourth-order valence-corrected chi connectivity index (χ4v) is 6.89. The molecule has 8 heteroatoms. The van der Waals surface area contributed by atoms with E-state index in [0.29, 0.717) is 32.1 Å². The topological polar surface area (TPSA) is 72.4 Å². The van der Waals surface area contributed by atoms with Gasteiger partial charge in [-0.15, -0.1) is 11.3 Å². The molecule has 0 bridgehead atoms. The van der Waals surface area contributed by atoms with Gasteiger partial charge in [0.2, 0.25) is 0 Å². The third kappa shape index (κ3) is 2.72. The van der Waals surface area contributed by atoms with Gasteiger partial charge in [0.1, 0.15) is 4.75 Å². The van der Waals surface area contributed by atoms with Crippen molar-refractivity contribution in [1.29, 1.82) is 0 Å². The smallest absolute Gasteiger partial charge is 0.316 e. The third-order valence-electron chi connectivity index (χ3n) is 5.00. The SMILES string of the molecule is O=S1(=O)CCC(COc2ncccn2)C12CN(Cc1cccs1)C2. The summed E-state index contributed by atoms with van der Waals surface area (Å²) in [6, 6.07) is 6.15. The van der Waals surface area contributed by atoms with Gasteiger partial charge in [-0.05, 0) is 23.9 Å². The summed E-state index contributed by atoms with van der Waals surface area (Å²) in [6.07, 6.45) is 3.90. The lowest BCUT2D eigenvalue weighted by Gasteiger charge is -2.49. The van der Waals surface area contributed by atoms with Crippen molar-refractivity contribution in [1.82, 2.24) is 14.9 Å². The monoisotopic (exact) mass is 365 g/mol. The van der Waals surface area contributed by atoms with Crippen LogP contribution < -0.4 is 4.74 Å². The Morgan fingerprint density at radius 3 is 2.79 bits per heavy atom. The maximum Gasteiger partial charge on any atom is 0.316 e. The van der Waals surface area contributed by atoms with Crippen molar-refractivity contribution in [2.75, 3.05) is 25.4 Å². The molecule has 4 heterocycles. The number of hydrogen-bond donors (Lipinski definition) is 0. The van der Waals surface area contributed by atoms with Gasteiger partial charge in [-0.3, -0.25) is 4.90 Å². The fraction of sp³-hybridized carbons (Fsp3) is 0.500. The third-order valence-corrected chi connectivity index (χ3v) is 8.46. The van der Waals surface area contributed by atoms with E-state index in [0.717, 1.165) is 6.54 Å². The van der Waals surface area contributed by atoms with Crippen LogP contribution in [-0.2, 0) is 16.4 Å². The van der Waals surface area contributed by atoms with E-state index in [4.69, 9.17) is 4.74 Å². The van der Waals surface area contributed by atoms with Gasteiger partial charge in [0.15, 0.2) is 9.84 Å². The van der Waals surface area contributed by atoms with Gasteiger partial charge in [0.25, 0.3) is 0 Å². The average molecular weight is 365 g/mol. The van der Waals surface area contributed by atoms with Crippen LogP contribution in [0.15, 0.2) is 36.0 Å². The van der Waals surface area contributed by atoms with Crippen LogP contribution in [-0.4, -0.2) is 53.5 Å². The van der Waals surface area contributed by atoms with Crippen LogP contribution in [0, 0.1) is 5.92 Å². The van der Waals surface area contributed by atoms with Crippen molar-refractivity contribution in [3.05, 3.63) is 40.8 Å². The number of sulfone groups is 1. The van der Waals surface area contributed by atoms with E-state index in [-0.39, 0.29) is 11.7 Å². The van der Waals surface area contributed by atoms with E-state index in [2.05, 4.69) is 20.9 Å². The van der Waals surface area contributed by atoms with E-state index in [9.17, 15) is 8.42 Å². The van der Waals surface area contributed by atoms with Crippen LogP contribution in [0.25, 0.3) is 0 Å². The number of aromatic nitrogens is 2. The van der Waals surface area contributed by atoms with Crippen molar-refractivity contribution in [3.8, 4) is 6.01 Å². The van der Waals surface area contributed by atoms with Gasteiger partial charge in [-0.1, -0.05) is 6.07 Å². The van der Waals surface area contributed by atoms with Crippen molar-refractivity contribution in [2.24, 2.45) is 5.92 Å². The summed E-state index contributed by atoms with van der Waals surface area (Å²) in [4.78, 5) is 11.6. The summed E-state index contributed by atoms with van der Waals surface area (Å²) in [7, 11) is -3.07. The fourth-order valence-electron chi connectivity index (χ4n) is 3.69. The highest BCUT2D eigenvalue weighted by Crippen LogP contribution is 2.45. The molecule has 1 atom stereocenters. The molecule has 0 amide bonds. The molecule has 1 spiro atoms. The number of ether oxygens (including phenoxy) is 1. The van der Waals surface area contributed by atoms with Gasteiger partial charge in [0, 0.05) is 42.8 Å². The number of thiophene rings is 1. The first-order valence-corrected chi connectivity index (χ1v) is 10.5. The van der Waals surface area contributed by atoms with E-state index in [1.54, 1.807) is 29.8 Å². The Balaban J connectivity index is 1.43. The minimum atomic E-state index is -3.07. The summed E-state index contributed by atoms with van der Waals surface area (Å²) in [5, 5.41) is 2.05. The lowest BCUT2D eigenvalue weighted by atomic mass is 9.83. The van der Waals surface area contributed by atoms with Gasteiger partial charge in [-0.2, -0.15) is 0 Å². The first kappa shape index (κ1) is 16.0. The Bertz CT molecular complexity index is 787. The van der Waals surface area contributed by atoms with Crippen molar-refractivity contribution < 1.29 is 13.2 Å². The highest BCUT2D eigenvalue weighted by atomic mass is 32.2. The van der Waals surface area contributed by atoms with Crippen molar-refractivity contribution in [3.63, 3.8) is 0 Å². The molecule has 2 aliphatic heterocycles. The second-order valence-corrected chi connectivity index (χ2v) is 9.92. The molecule has 2 aromatic heterocycles. The first-order chi connectivity index (χ1) is 11.6. The van der Waals surface area contributed by atoms with Crippen LogP contribution in [0.1, 0.15) is 11.3 Å². The lowest BCUT2D eigenvalue weighted by molar-refractivity contribution is 0.0580. The van der Waals surface area contributed by atoms with Crippen molar-refractivity contribution >= 4 is 21.2 Å². The highest BCUT2D eigenvalue weighted by molar-refractivity contribution is 7.93. The molecule has 0 aromatic carbocycles. The zero-order chi connectivity index (χ0) is 16.6. The summed E-state index contributed by atoms with van der Waals surface area (Å²) in [5.74, 6) is 0.259. The molecule has 128 valence electrons. The first-order valence-electron chi connectivity index (χ1n) is 7.96. The second-order valence-electron chi connectivity index (χ2n) is 6.44.